The van der Waals surface area contributed by atoms with Gasteiger partial charge >= 0.3 is 0 Å². The topological polar surface area (TPSA) is 86.8 Å². The first-order valence-electron chi connectivity index (χ1n) is 13.7. The molecule has 0 aliphatic carbocycles. The molecule has 226 valence electrons. The number of hydrogen-bond acceptors (Lipinski definition) is 4. The standard InChI is InChI=1S/C32H39Cl2N3O4S/c1-21(2)24-11-14-27(15-12-24)37(42(40,41)28-16-8-22(3)9-17-28)20-30(38)36(23(4)31(39)35-32(5,6)7)19-25-10-13-26(33)18-29(25)34/h8-18,21,23H,19-20H2,1-7H3,(H,35,39)/t23-/m1/s1. The van der Waals surface area contributed by atoms with Gasteiger partial charge in [-0.15, -0.1) is 0 Å². The number of carbonyl (C=O) groups excluding carboxylic acids is 2. The number of nitrogens with one attached hydrogen (secondary N) is 1. The predicted molar refractivity (Wildman–Crippen MR) is 171 cm³/mol. The molecule has 0 aliphatic heterocycles. The third kappa shape index (κ3) is 8.49. The van der Waals surface area contributed by atoms with Crippen molar-refractivity contribution in [3.63, 3.8) is 0 Å². The summed E-state index contributed by atoms with van der Waals surface area (Å²) in [6, 6.07) is 17.5. The minimum absolute atomic E-state index is 0.0295. The Balaban J connectivity index is 2.08. The average molecular weight is 633 g/mol. The molecule has 3 aromatic carbocycles. The maximum absolute atomic E-state index is 14.1. The minimum Gasteiger partial charge on any atom is -0.350 e. The summed E-state index contributed by atoms with van der Waals surface area (Å²) in [5.41, 5.74) is 2.30. The number of hydrogen-bond donors (Lipinski definition) is 1. The largest absolute Gasteiger partial charge is 0.350 e. The Labute approximate surface area is 259 Å². The summed E-state index contributed by atoms with van der Waals surface area (Å²) in [6.07, 6.45) is 0. The Hall–Kier alpha value is -3.07. The van der Waals surface area contributed by atoms with Gasteiger partial charge in [-0.05, 0) is 88.1 Å². The maximum atomic E-state index is 14.1. The van der Waals surface area contributed by atoms with Crippen molar-refractivity contribution in [1.29, 1.82) is 0 Å². The molecule has 2 amide bonds. The van der Waals surface area contributed by atoms with Gasteiger partial charge in [-0.25, -0.2) is 8.42 Å². The predicted octanol–water partition coefficient (Wildman–Crippen LogP) is 6.95. The van der Waals surface area contributed by atoms with Crippen LogP contribution in [0.3, 0.4) is 0 Å². The minimum atomic E-state index is -4.15. The smallest absolute Gasteiger partial charge is 0.264 e. The molecule has 0 saturated heterocycles. The molecule has 0 bridgehead atoms. The van der Waals surface area contributed by atoms with E-state index in [-0.39, 0.29) is 23.3 Å². The van der Waals surface area contributed by atoms with Crippen LogP contribution in [0.5, 0.6) is 0 Å². The summed E-state index contributed by atoms with van der Waals surface area (Å²) >= 11 is 12.5. The molecule has 3 aromatic rings. The van der Waals surface area contributed by atoms with Gasteiger partial charge in [0.15, 0.2) is 0 Å². The zero-order chi connectivity index (χ0) is 31.4. The zero-order valence-corrected chi connectivity index (χ0v) is 27.4. The SMILES string of the molecule is Cc1ccc(S(=O)(=O)N(CC(=O)N(Cc2ccc(Cl)cc2Cl)[C@H](C)C(=O)NC(C)(C)C)c2ccc(C(C)C)cc2)cc1. The van der Waals surface area contributed by atoms with Gasteiger partial charge in [0.25, 0.3) is 10.0 Å². The molecule has 42 heavy (non-hydrogen) atoms. The molecule has 0 fully saturated rings. The Morgan fingerprint density at radius 1 is 0.905 bits per heavy atom. The Morgan fingerprint density at radius 3 is 2.02 bits per heavy atom. The van der Waals surface area contributed by atoms with E-state index in [4.69, 9.17) is 23.2 Å². The van der Waals surface area contributed by atoms with Crippen molar-refractivity contribution in [3.05, 3.63) is 93.5 Å². The number of halogens is 2. The fourth-order valence-electron chi connectivity index (χ4n) is 4.28. The second kappa shape index (κ2) is 13.5. The van der Waals surface area contributed by atoms with Crippen molar-refractivity contribution in [3.8, 4) is 0 Å². The molecule has 0 spiro atoms. The molecule has 0 heterocycles. The van der Waals surface area contributed by atoms with E-state index in [1.54, 1.807) is 49.4 Å². The second-order valence-corrected chi connectivity index (χ2v) is 14.4. The highest BCUT2D eigenvalue weighted by Crippen LogP contribution is 2.28. The fraction of sp³-hybridized carbons (Fsp3) is 0.375. The van der Waals surface area contributed by atoms with E-state index >= 15 is 0 Å². The van der Waals surface area contributed by atoms with Crippen molar-refractivity contribution in [2.75, 3.05) is 10.8 Å². The number of rotatable bonds is 10. The number of sulfonamides is 1. The Bertz CT molecular complexity index is 1520. The van der Waals surface area contributed by atoms with Crippen LogP contribution in [0, 0.1) is 6.92 Å². The summed E-state index contributed by atoms with van der Waals surface area (Å²) < 4.78 is 29.1. The van der Waals surface area contributed by atoms with E-state index in [1.165, 1.54) is 17.0 Å². The first-order chi connectivity index (χ1) is 19.5. The lowest BCUT2D eigenvalue weighted by molar-refractivity contribution is -0.140. The van der Waals surface area contributed by atoms with Crippen molar-refractivity contribution in [2.45, 2.75) is 77.4 Å². The van der Waals surface area contributed by atoms with Gasteiger partial charge in [-0.2, -0.15) is 0 Å². The number of benzene rings is 3. The van der Waals surface area contributed by atoms with Gasteiger partial charge in [0.1, 0.15) is 12.6 Å². The molecule has 10 heteroatoms. The summed E-state index contributed by atoms with van der Waals surface area (Å²) in [7, 11) is -4.15. The van der Waals surface area contributed by atoms with Crippen LogP contribution in [-0.4, -0.2) is 43.3 Å². The fourth-order valence-corrected chi connectivity index (χ4v) is 6.16. The molecule has 0 saturated carbocycles. The summed E-state index contributed by atoms with van der Waals surface area (Å²) in [5, 5.41) is 3.67. The first-order valence-corrected chi connectivity index (χ1v) is 15.9. The van der Waals surface area contributed by atoms with Crippen molar-refractivity contribution >= 4 is 50.7 Å². The molecular weight excluding hydrogens is 593 g/mol. The average Bonchev–Trinajstić information content (AvgIpc) is 2.90. The third-order valence-electron chi connectivity index (χ3n) is 6.76. The summed E-state index contributed by atoms with van der Waals surface area (Å²) in [6.45, 7) is 12.5. The molecule has 7 nitrogen and oxygen atoms in total. The van der Waals surface area contributed by atoms with Crippen LogP contribution in [0.15, 0.2) is 71.6 Å². The van der Waals surface area contributed by atoms with Crippen LogP contribution in [0.25, 0.3) is 0 Å². The van der Waals surface area contributed by atoms with Crippen LogP contribution in [0.2, 0.25) is 10.0 Å². The maximum Gasteiger partial charge on any atom is 0.264 e. The highest BCUT2D eigenvalue weighted by atomic mass is 35.5. The molecule has 0 radical (unpaired) electrons. The third-order valence-corrected chi connectivity index (χ3v) is 9.13. The Kier molecular flexibility index (Phi) is 10.7. The number of amides is 2. The van der Waals surface area contributed by atoms with Gasteiger partial charge in [0, 0.05) is 22.1 Å². The van der Waals surface area contributed by atoms with Crippen molar-refractivity contribution in [1.82, 2.24) is 10.2 Å². The van der Waals surface area contributed by atoms with E-state index in [0.717, 1.165) is 15.4 Å². The highest BCUT2D eigenvalue weighted by molar-refractivity contribution is 7.92. The van der Waals surface area contributed by atoms with Crippen LogP contribution in [-0.2, 0) is 26.2 Å². The van der Waals surface area contributed by atoms with Gasteiger partial charge < -0.3 is 10.2 Å². The molecular formula is C32H39Cl2N3O4S. The van der Waals surface area contributed by atoms with E-state index in [0.29, 0.717) is 21.3 Å². The van der Waals surface area contributed by atoms with Crippen molar-refractivity contribution < 1.29 is 18.0 Å². The quantitative estimate of drug-likeness (QED) is 0.262. The van der Waals surface area contributed by atoms with Crippen LogP contribution < -0.4 is 9.62 Å². The van der Waals surface area contributed by atoms with Crippen LogP contribution in [0.4, 0.5) is 5.69 Å². The highest BCUT2D eigenvalue weighted by Gasteiger charge is 2.33. The summed E-state index contributed by atoms with van der Waals surface area (Å²) in [5.74, 6) is -0.707. The lowest BCUT2D eigenvalue weighted by Crippen LogP contribution is -2.54. The van der Waals surface area contributed by atoms with Gasteiger partial charge in [-0.3, -0.25) is 13.9 Å². The number of anilines is 1. The lowest BCUT2D eigenvalue weighted by atomic mass is 10.0. The lowest BCUT2D eigenvalue weighted by Gasteiger charge is -2.33. The van der Waals surface area contributed by atoms with Crippen LogP contribution >= 0.6 is 23.2 Å². The summed E-state index contributed by atoms with van der Waals surface area (Å²) in [4.78, 5) is 28.7. The number of carbonyl (C=O) groups is 2. The molecule has 0 aromatic heterocycles. The monoisotopic (exact) mass is 631 g/mol. The first kappa shape index (κ1) is 33.4. The molecule has 0 unspecified atom stereocenters. The normalized spacial score (nSPS) is 12.6. The second-order valence-electron chi connectivity index (χ2n) is 11.7. The van der Waals surface area contributed by atoms with E-state index in [2.05, 4.69) is 5.32 Å². The van der Waals surface area contributed by atoms with Gasteiger partial charge in [-0.1, -0.05) is 72.9 Å². The zero-order valence-electron chi connectivity index (χ0n) is 25.1. The number of nitrogens with zero attached hydrogens (tertiary/aromatic N) is 2. The molecule has 3 rings (SSSR count). The molecule has 1 atom stereocenters. The van der Waals surface area contributed by atoms with Crippen LogP contribution in [0.1, 0.15) is 64.2 Å². The van der Waals surface area contributed by atoms with E-state index in [9.17, 15) is 18.0 Å². The Morgan fingerprint density at radius 2 is 1.50 bits per heavy atom. The molecule has 1 N–H and O–H groups in total. The van der Waals surface area contributed by atoms with Gasteiger partial charge in [0.05, 0.1) is 10.6 Å². The van der Waals surface area contributed by atoms with E-state index in [1.807, 2.05) is 53.7 Å². The molecule has 0 aliphatic rings. The van der Waals surface area contributed by atoms with Crippen molar-refractivity contribution in [2.24, 2.45) is 0 Å². The number of aryl methyl sites for hydroxylation is 1. The van der Waals surface area contributed by atoms with Gasteiger partial charge in [0.2, 0.25) is 11.8 Å². The van der Waals surface area contributed by atoms with E-state index < -0.39 is 34.1 Å².